The summed E-state index contributed by atoms with van der Waals surface area (Å²) < 4.78 is 9.08. The topological polar surface area (TPSA) is 121 Å². The van der Waals surface area contributed by atoms with Crippen molar-refractivity contribution in [3.05, 3.63) is 81.8 Å². The Balaban J connectivity index is 0.00000392. The van der Waals surface area contributed by atoms with E-state index in [1.54, 1.807) is 30.4 Å². The van der Waals surface area contributed by atoms with Crippen LogP contribution in [-0.2, 0) is 37.8 Å². The molecule has 2 saturated heterocycles. The van der Waals surface area contributed by atoms with Gasteiger partial charge in [-0.3, -0.25) is 19.4 Å². The van der Waals surface area contributed by atoms with Crippen LogP contribution in [0.1, 0.15) is 48.1 Å². The van der Waals surface area contributed by atoms with Gasteiger partial charge in [0.1, 0.15) is 23.0 Å². The van der Waals surface area contributed by atoms with Gasteiger partial charge >= 0.3 is 0 Å². The minimum absolute atomic E-state index is 0. The highest BCUT2D eigenvalue weighted by Gasteiger charge is 2.38. The highest BCUT2D eigenvalue weighted by atomic mass is 35.5. The first kappa shape index (κ1) is 34.2. The predicted molar refractivity (Wildman–Crippen MR) is 196 cm³/mol. The van der Waals surface area contributed by atoms with Crippen molar-refractivity contribution in [2.24, 2.45) is 12.5 Å². The lowest BCUT2D eigenvalue weighted by molar-refractivity contribution is -0.0691. The van der Waals surface area contributed by atoms with Gasteiger partial charge in [0.05, 0.1) is 37.7 Å². The summed E-state index contributed by atoms with van der Waals surface area (Å²) in [6.07, 6.45) is 7.18. The van der Waals surface area contributed by atoms with Gasteiger partial charge in [0.2, 0.25) is 0 Å². The average Bonchev–Trinajstić information content (AvgIpc) is 3.55. The fraction of sp³-hybridized carbons (Fsp3) is 0.459. The monoisotopic (exact) mass is 700 g/mol. The molecule has 1 aliphatic carbocycles. The number of aryl methyl sites for hydroxylation is 1. The van der Waals surface area contributed by atoms with Gasteiger partial charge in [0, 0.05) is 75.0 Å². The van der Waals surface area contributed by atoms with Crippen LogP contribution in [0.2, 0.25) is 0 Å². The predicted octanol–water partition coefficient (Wildman–Crippen LogP) is 4.00. The molecule has 3 aliphatic heterocycles. The van der Waals surface area contributed by atoms with Crippen LogP contribution < -0.4 is 20.7 Å². The van der Waals surface area contributed by atoms with Crippen LogP contribution in [-0.4, -0.2) is 86.5 Å². The number of carbonyl (C=O) groups excluding carboxylic acids is 1. The van der Waals surface area contributed by atoms with Gasteiger partial charge in [-0.15, -0.1) is 12.4 Å². The number of nitrogens with one attached hydrogen (secondary N) is 1. The minimum atomic E-state index is -0.316. The number of ether oxygens (including phenoxy) is 1. The molecule has 264 valence electrons. The van der Waals surface area contributed by atoms with Crippen molar-refractivity contribution < 1.29 is 14.6 Å². The van der Waals surface area contributed by atoms with Crippen molar-refractivity contribution in [1.29, 1.82) is 0 Å². The molecule has 1 atom stereocenters. The molecule has 0 aromatic carbocycles. The van der Waals surface area contributed by atoms with Crippen LogP contribution >= 0.6 is 12.4 Å². The number of piperazine rings is 1. The van der Waals surface area contributed by atoms with Crippen LogP contribution in [0, 0.1) is 5.41 Å². The minimum Gasteiger partial charge on any atom is -0.392 e. The van der Waals surface area contributed by atoms with E-state index in [9.17, 15) is 14.7 Å². The molecule has 50 heavy (non-hydrogen) atoms. The number of rotatable bonds is 7. The van der Waals surface area contributed by atoms with E-state index in [1.807, 2.05) is 30.5 Å². The van der Waals surface area contributed by atoms with Gasteiger partial charge in [-0.05, 0) is 66.6 Å². The van der Waals surface area contributed by atoms with Gasteiger partial charge in [-0.1, -0.05) is 13.8 Å². The lowest BCUT2D eigenvalue weighted by Gasteiger charge is -2.46. The van der Waals surface area contributed by atoms with E-state index in [1.165, 1.54) is 15.8 Å². The highest BCUT2D eigenvalue weighted by molar-refractivity contribution is 6.06. The summed E-state index contributed by atoms with van der Waals surface area (Å²) >= 11 is 0. The van der Waals surface area contributed by atoms with E-state index in [0.717, 1.165) is 51.4 Å². The van der Waals surface area contributed by atoms with Gasteiger partial charge in [0.15, 0.2) is 0 Å². The molecular weight excluding hydrogens is 656 g/mol. The molecule has 4 aliphatic rings. The average molecular weight is 701 g/mol. The smallest absolute Gasteiger partial charge is 0.276 e. The number of hydrogen-bond acceptors (Lipinski definition) is 9. The molecule has 13 heteroatoms. The van der Waals surface area contributed by atoms with Gasteiger partial charge in [-0.2, -0.15) is 0 Å². The third kappa shape index (κ3) is 5.97. The Hall–Kier alpha value is -4.23. The molecule has 0 bridgehead atoms. The molecule has 0 spiro atoms. The number of aliphatic hydroxyl groups is 1. The van der Waals surface area contributed by atoms with E-state index >= 15 is 0 Å². The van der Waals surface area contributed by atoms with E-state index in [2.05, 4.69) is 50.4 Å². The molecule has 0 saturated carbocycles. The molecule has 0 radical (unpaired) electrons. The molecule has 1 amide bonds. The van der Waals surface area contributed by atoms with Crippen molar-refractivity contribution in [2.75, 3.05) is 54.5 Å². The molecular formula is C37H45ClN8O4. The van der Waals surface area contributed by atoms with Crippen molar-refractivity contribution in [2.45, 2.75) is 58.8 Å². The Kier molecular flexibility index (Phi) is 9.00. The summed E-state index contributed by atoms with van der Waals surface area (Å²) in [5.41, 5.74) is 6.55. The number of carbonyl (C=O) groups is 1. The van der Waals surface area contributed by atoms with Crippen LogP contribution in [0.3, 0.4) is 0 Å². The summed E-state index contributed by atoms with van der Waals surface area (Å²) in [4.78, 5) is 43.0. The Morgan fingerprint density at radius 1 is 1.04 bits per heavy atom. The fourth-order valence-electron chi connectivity index (χ4n) is 8.10. The number of fused-ring (bicyclic) bond motifs is 3. The molecule has 2 fully saturated rings. The maximum atomic E-state index is 13.9. The molecule has 4 aromatic rings. The number of aromatic nitrogens is 4. The molecule has 7 heterocycles. The zero-order valence-electron chi connectivity index (χ0n) is 29.1. The number of pyridine rings is 3. The van der Waals surface area contributed by atoms with Gasteiger partial charge in [-0.25, -0.2) is 9.97 Å². The van der Waals surface area contributed by atoms with Crippen molar-refractivity contribution in [1.82, 2.24) is 24.0 Å². The first-order chi connectivity index (χ1) is 23.6. The van der Waals surface area contributed by atoms with Crippen molar-refractivity contribution in [3.8, 4) is 11.1 Å². The summed E-state index contributed by atoms with van der Waals surface area (Å²) in [5.74, 6) is 0.889. The van der Waals surface area contributed by atoms with Crippen molar-refractivity contribution in [3.63, 3.8) is 0 Å². The van der Waals surface area contributed by atoms with Crippen molar-refractivity contribution >= 4 is 41.3 Å². The van der Waals surface area contributed by atoms with Crippen LogP contribution in [0.5, 0.6) is 0 Å². The number of aliphatic hydroxyl groups excluding tert-OH is 1. The maximum Gasteiger partial charge on any atom is 0.276 e. The lowest BCUT2D eigenvalue weighted by atomic mass is 9.90. The Labute approximate surface area is 298 Å². The third-order valence-electron chi connectivity index (χ3n) is 10.7. The first-order valence-corrected chi connectivity index (χ1v) is 17.2. The van der Waals surface area contributed by atoms with Gasteiger partial charge < -0.3 is 29.2 Å². The zero-order chi connectivity index (χ0) is 34.0. The van der Waals surface area contributed by atoms with E-state index in [0.29, 0.717) is 64.9 Å². The molecule has 4 aromatic heterocycles. The largest absolute Gasteiger partial charge is 0.392 e. The van der Waals surface area contributed by atoms with E-state index < -0.39 is 0 Å². The Morgan fingerprint density at radius 3 is 2.56 bits per heavy atom. The SMILES string of the molecule is C[C@H]1CN(C2COC2)CCN1c1ccc(Nc2cc(-c3ccnc(N4CCn5c(cc6c5CC(C)(C)C6)C4=O)c3CO)cn(C)c2=O)nc1.Cl. The Morgan fingerprint density at radius 2 is 1.86 bits per heavy atom. The van der Waals surface area contributed by atoms with E-state index in [-0.39, 0.29) is 35.9 Å². The first-order valence-electron chi connectivity index (χ1n) is 17.2. The number of nitrogens with zero attached hydrogens (tertiary/aromatic N) is 7. The summed E-state index contributed by atoms with van der Waals surface area (Å²) in [5, 5.41) is 13.9. The third-order valence-corrected chi connectivity index (χ3v) is 10.7. The quantitative estimate of drug-likeness (QED) is 0.295. The maximum absolute atomic E-state index is 13.9. The number of halogens is 1. The molecule has 8 rings (SSSR count). The molecule has 0 unspecified atom stereocenters. The molecule has 12 nitrogen and oxygen atoms in total. The second-order valence-electron chi connectivity index (χ2n) is 14.8. The fourth-order valence-corrected chi connectivity index (χ4v) is 8.10. The molecule has 2 N–H and O–H groups in total. The summed E-state index contributed by atoms with van der Waals surface area (Å²) in [6, 6.07) is 10.5. The number of amides is 1. The standard InChI is InChI=1S/C37H44N8O4.ClH/c1-23-18-42(27-21-49-22-27)9-10-43(23)26-5-6-33(39-17-26)40-30-13-25(19-41(4)35(30)47)28-7-8-38-34(29(28)20-46)45-12-11-44-31(36(45)48)14-24-15-37(2,3)16-32(24)44;/h5-8,13-14,17,19,23,27,46H,9-12,15-16,18,20-22H2,1-4H3,(H,39,40);1H/t23-;/m0./s1. The normalized spacial score (nSPS) is 20.3. The lowest BCUT2D eigenvalue weighted by Crippen LogP contribution is -2.59. The van der Waals surface area contributed by atoms with E-state index in [4.69, 9.17) is 4.74 Å². The second-order valence-corrected chi connectivity index (χ2v) is 14.8. The van der Waals surface area contributed by atoms with Crippen LogP contribution in [0.15, 0.2) is 53.7 Å². The Bertz CT molecular complexity index is 1990. The van der Waals surface area contributed by atoms with Crippen LogP contribution in [0.4, 0.5) is 23.0 Å². The van der Waals surface area contributed by atoms with Crippen LogP contribution in [0.25, 0.3) is 11.1 Å². The number of anilines is 4. The summed E-state index contributed by atoms with van der Waals surface area (Å²) in [6.45, 7) is 12.1. The zero-order valence-corrected chi connectivity index (χ0v) is 29.9. The number of hydrogen-bond donors (Lipinski definition) is 2. The summed E-state index contributed by atoms with van der Waals surface area (Å²) in [7, 11) is 1.70. The highest BCUT2D eigenvalue weighted by Crippen LogP contribution is 2.40. The second kappa shape index (κ2) is 13.1. The van der Waals surface area contributed by atoms with Gasteiger partial charge in [0.25, 0.3) is 11.5 Å².